The number of anilines is 1. The molecule has 5 nitrogen and oxygen atoms in total. The van der Waals surface area contributed by atoms with Crippen LogP contribution in [0.5, 0.6) is 5.75 Å². The standard InChI is InChI=1S/C20H21NO4S/c1-13-10-14-6-4-5-7-17(14)21(13)19(22)12-25-20(23)16-9-8-15(26-3)11-18(16)24-2/h4-9,11,13H,10,12H2,1-3H3/t13-/m1/s1. The number of ether oxygens (including phenoxy) is 2. The molecule has 0 N–H and O–H groups in total. The van der Waals surface area contributed by atoms with Crippen LogP contribution >= 0.6 is 11.8 Å². The molecule has 0 spiro atoms. The van der Waals surface area contributed by atoms with E-state index < -0.39 is 5.97 Å². The predicted octanol–water partition coefficient (Wildman–Crippen LogP) is 3.55. The van der Waals surface area contributed by atoms with E-state index in [1.807, 2.05) is 43.5 Å². The molecule has 0 saturated heterocycles. The van der Waals surface area contributed by atoms with Gasteiger partial charge in [-0.25, -0.2) is 4.79 Å². The maximum atomic E-state index is 12.6. The van der Waals surface area contributed by atoms with Gasteiger partial charge in [0.25, 0.3) is 5.91 Å². The average molecular weight is 371 g/mol. The van der Waals surface area contributed by atoms with Crippen LogP contribution in [0.1, 0.15) is 22.8 Å². The molecule has 1 aliphatic rings. The van der Waals surface area contributed by atoms with Crippen LogP contribution in [0.2, 0.25) is 0 Å². The summed E-state index contributed by atoms with van der Waals surface area (Å²) in [7, 11) is 1.50. The fourth-order valence-corrected chi connectivity index (χ4v) is 3.62. The van der Waals surface area contributed by atoms with Crippen molar-refractivity contribution in [3.05, 3.63) is 53.6 Å². The number of rotatable bonds is 5. The molecule has 0 unspecified atom stereocenters. The molecule has 6 heteroatoms. The molecule has 0 aromatic heterocycles. The number of para-hydroxylation sites is 1. The molecule has 26 heavy (non-hydrogen) atoms. The third-order valence-corrected chi connectivity index (χ3v) is 5.16. The number of hydrogen-bond donors (Lipinski definition) is 0. The lowest BCUT2D eigenvalue weighted by Crippen LogP contribution is -2.38. The van der Waals surface area contributed by atoms with Crippen LogP contribution in [-0.2, 0) is 16.0 Å². The smallest absolute Gasteiger partial charge is 0.342 e. The molecule has 0 saturated carbocycles. The van der Waals surface area contributed by atoms with Crippen LogP contribution in [0, 0.1) is 0 Å². The Morgan fingerprint density at radius 1 is 1.23 bits per heavy atom. The van der Waals surface area contributed by atoms with Crippen molar-refractivity contribution in [3.8, 4) is 5.75 Å². The van der Waals surface area contributed by atoms with Crippen LogP contribution in [0.4, 0.5) is 5.69 Å². The van der Waals surface area contributed by atoms with Gasteiger partial charge >= 0.3 is 5.97 Å². The van der Waals surface area contributed by atoms with E-state index in [9.17, 15) is 9.59 Å². The molecule has 1 amide bonds. The lowest BCUT2D eigenvalue weighted by molar-refractivity contribution is -0.122. The molecular formula is C20H21NO4S. The Morgan fingerprint density at radius 2 is 2.00 bits per heavy atom. The van der Waals surface area contributed by atoms with Crippen molar-refractivity contribution in [3.63, 3.8) is 0 Å². The summed E-state index contributed by atoms with van der Waals surface area (Å²) < 4.78 is 10.5. The van der Waals surface area contributed by atoms with Crippen molar-refractivity contribution < 1.29 is 19.1 Å². The normalized spacial score (nSPS) is 15.5. The summed E-state index contributed by atoms with van der Waals surface area (Å²) in [5.74, 6) is -0.354. The number of benzene rings is 2. The van der Waals surface area contributed by atoms with E-state index in [1.54, 1.807) is 28.8 Å². The third-order valence-electron chi connectivity index (χ3n) is 4.43. The summed E-state index contributed by atoms with van der Waals surface area (Å²) in [6.45, 7) is 1.69. The highest BCUT2D eigenvalue weighted by atomic mass is 32.2. The number of amides is 1. The summed E-state index contributed by atoms with van der Waals surface area (Å²) >= 11 is 1.55. The second-order valence-electron chi connectivity index (χ2n) is 6.09. The fourth-order valence-electron chi connectivity index (χ4n) is 3.19. The van der Waals surface area contributed by atoms with Crippen LogP contribution in [0.25, 0.3) is 0 Å². The zero-order chi connectivity index (χ0) is 18.7. The number of carbonyl (C=O) groups is 2. The summed E-state index contributed by atoms with van der Waals surface area (Å²) in [6, 6.07) is 13.1. The van der Waals surface area contributed by atoms with E-state index in [-0.39, 0.29) is 18.6 Å². The van der Waals surface area contributed by atoms with Crippen LogP contribution in [0.3, 0.4) is 0 Å². The zero-order valence-electron chi connectivity index (χ0n) is 15.0. The van der Waals surface area contributed by atoms with Crippen molar-refractivity contribution in [2.24, 2.45) is 0 Å². The van der Waals surface area contributed by atoms with Gasteiger partial charge in [-0.15, -0.1) is 11.8 Å². The SMILES string of the molecule is COc1cc(SC)ccc1C(=O)OCC(=O)N1c2ccccc2C[C@H]1C. The highest BCUT2D eigenvalue weighted by Crippen LogP contribution is 2.32. The van der Waals surface area contributed by atoms with Crippen molar-refractivity contribution in [2.45, 2.75) is 24.3 Å². The minimum absolute atomic E-state index is 0.0500. The first-order valence-electron chi connectivity index (χ1n) is 8.34. The maximum Gasteiger partial charge on any atom is 0.342 e. The van der Waals surface area contributed by atoms with Gasteiger partial charge in [0.2, 0.25) is 0 Å². The topological polar surface area (TPSA) is 55.8 Å². The van der Waals surface area contributed by atoms with Gasteiger partial charge in [-0.3, -0.25) is 4.79 Å². The Morgan fingerprint density at radius 3 is 2.73 bits per heavy atom. The monoisotopic (exact) mass is 371 g/mol. The first kappa shape index (κ1) is 18.3. The van der Waals surface area contributed by atoms with Gasteiger partial charge < -0.3 is 14.4 Å². The highest BCUT2D eigenvalue weighted by Gasteiger charge is 2.31. The molecule has 0 bridgehead atoms. The lowest BCUT2D eigenvalue weighted by Gasteiger charge is -2.22. The molecule has 1 atom stereocenters. The van der Waals surface area contributed by atoms with Crippen molar-refractivity contribution in [2.75, 3.05) is 24.9 Å². The van der Waals surface area contributed by atoms with E-state index in [1.165, 1.54) is 7.11 Å². The molecule has 136 valence electrons. The summed E-state index contributed by atoms with van der Waals surface area (Å²) in [5.41, 5.74) is 2.34. The molecular weight excluding hydrogens is 350 g/mol. The van der Waals surface area contributed by atoms with Crippen molar-refractivity contribution in [1.29, 1.82) is 0 Å². The first-order valence-corrected chi connectivity index (χ1v) is 9.56. The van der Waals surface area contributed by atoms with Crippen LogP contribution in [-0.4, -0.2) is 37.9 Å². The molecule has 3 rings (SSSR count). The number of nitrogens with zero attached hydrogens (tertiary/aromatic N) is 1. The number of carbonyl (C=O) groups excluding carboxylic acids is 2. The number of thioether (sulfide) groups is 1. The Kier molecular flexibility index (Phi) is 5.52. The van der Waals surface area contributed by atoms with E-state index in [0.717, 1.165) is 22.6 Å². The van der Waals surface area contributed by atoms with Crippen molar-refractivity contribution >= 4 is 29.3 Å². The maximum absolute atomic E-state index is 12.6. The largest absolute Gasteiger partial charge is 0.496 e. The summed E-state index contributed by atoms with van der Waals surface area (Å²) in [5, 5.41) is 0. The predicted molar refractivity (Wildman–Crippen MR) is 102 cm³/mol. The molecule has 2 aromatic carbocycles. The number of fused-ring (bicyclic) bond motifs is 1. The second kappa shape index (κ2) is 7.83. The molecule has 1 aliphatic heterocycles. The van der Waals surface area contributed by atoms with Gasteiger partial charge in [0.1, 0.15) is 11.3 Å². The minimum Gasteiger partial charge on any atom is -0.496 e. The van der Waals surface area contributed by atoms with E-state index >= 15 is 0 Å². The Hall–Kier alpha value is -2.47. The van der Waals surface area contributed by atoms with Gasteiger partial charge in [0.05, 0.1) is 7.11 Å². The number of esters is 1. The fraction of sp³-hybridized carbons (Fsp3) is 0.300. The highest BCUT2D eigenvalue weighted by molar-refractivity contribution is 7.98. The molecule has 0 aliphatic carbocycles. The van der Waals surface area contributed by atoms with Gasteiger partial charge in [-0.1, -0.05) is 18.2 Å². The summed E-state index contributed by atoms with van der Waals surface area (Å²) in [6.07, 6.45) is 2.75. The number of hydrogen-bond acceptors (Lipinski definition) is 5. The Bertz CT molecular complexity index is 836. The molecule has 0 radical (unpaired) electrons. The molecule has 2 aromatic rings. The zero-order valence-corrected chi connectivity index (χ0v) is 15.8. The summed E-state index contributed by atoms with van der Waals surface area (Å²) in [4.78, 5) is 27.7. The van der Waals surface area contributed by atoms with Gasteiger partial charge in [0, 0.05) is 16.6 Å². The second-order valence-corrected chi connectivity index (χ2v) is 6.97. The average Bonchev–Trinajstić information content (AvgIpc) is 3.00. The number of methoxy groups -OCH3 is 1. The van der Waals surface area contributed by atoms with Crippen LogP contribution < -0.4 is 9.64 Å². The van der Waals surface area contributed by atoms with Crippen LogP contribution in [0.15, 0.2) is 47.4 Å². The molecule has 0 fully saturated rings. The minimum atomic E-state index is -0.567. The van der Waals surface area contributed by atoms with Gasteiger partial charge in [-0.2, -0.15) is 0 Å². The van der Waals surface area contributed by atoms with Gasteiger partial charge in [0.15, 0.2) is 6.61 Å². The third kappa shape index (κ3) is 3.55. The van der Waals surface area contributed by atoms with E-state index in [0.29, 0.717) is 11.3 Å². The van der Waals surface area contributed by atoms with Gasteiger partial charge in [-0.05, 0) is 49.4 Å². The lowest BCUT2D eigenvalue weighted by atomic mass is 10.1. The Balaban J connectivity index is 1.69. The Labute approximate surface area is 157 Å². The quantitative estimate of drug-likeness (QED) is 0.594. The van der Waals surface area contributed by atoms with E-state index in [4.69, 9.17) is 9.47 Å². The molecule has 1 heterocycles. The first-order chi connectivity index (χ1) is 12.5. The van der Waals surface area contributed by atoms with Crippen molar-refractivity contribution in [1.82, 2.24) is 0 Å². The van der Waals surface area contributed by atoms with E-state index in [2.05, 4.69) is 0 Å².